The lowest BCUT2D eigenvalue weighted by molar-refractivity contribution is 0.1000. The van der Waals surface area contributed by atoms with Crippen LogP contribution in [0.25, 0.3) is 0 Å². The third-order valence-electron chi connectivity index (χ3n) is 2.11. The number of hydrogen-bond donors (Lipinski definition) is 3. The van der Waals surface area contributed by atoms with Crippen LogP contribution in [-0.2, 0) is 6.54 Å². The molecule has 4 nitrogen and oxygen atoms in total. The van der Waals surface area contributed by atoms with Crippen molar-refractivity contribution in [1.82, 2.24) is 5.32 Å². The van der Waals surface area contributed by atoms with Gasteiger partial charge >= 0.3 is 0 Å². The molecule has 68 valence electrons. The zero-order valence-corrected chi connectivity index (χ0v) is 7.13. The molecule has 4 heteroatoms. The van der Waals surface area contributed by atoms with Gasteiger partial charge < -0.3 is 11.1 Å². The van der Waals surface area contributed by atoms with Crippen molar-refractivity contribution in [3.8, 4) is 0 Å². The molecule has 0 fully saturated rings. The first-order chi connectivity index (χ1) is 6.27. The Morgan fingerprint density at radius 3 is 3.08 bits per heavy atom. The lowest BCUT2D eigenvalue weighted by Gasteiger charge is -2.19. The van der Waals surface area contributed by atoms with Gasteiger partial charge in [0.25, 0.3) is 0 Å². The van der Waals surface area contributed by atoms with Gasteiger partial charge in [0.2, 0.25) is 5.91 Å². The first-order valence-electron chi connectivity index (χ1n) is 4.15. The molecule has 4 N–H and O–H groups in total. The van der Waals surface area contributed by atoms with Crippen LogP contribution in [0.5, 0.6) is 0 Å². The van der Waals surface area contributed by atoms with E-state index in [0.717, 1.165) is 24.5 Å². The summed E-state index contributed by atoms with van der Waals surface area (Å²) in [5, 5.41) is 6.31. The maximum absolute atomic E-state index is 10.9. The average molecular weight is 177 g/mol. The molecule has 0 atom stereocenters. The Labute approximate surface area is 76.1 Å². The Balaban J connectivity index is 2.40. The molecule has 0 saturated heterocycles. The lowest BCUT2D eigenvalue weighted by atomic mass is 10.1. The molecule has 1 heterocycles. The van der Waals surface area contributed by atoms with Crippen molar-refractivity contribution in [1.29, 1.82) is 0 Å². The minimum absolute atomic E-state index is 0.381. The van der Waals surface area contributed by atoms with Gasteiger partial charge in [-0.3, -0.25) is 10.1 Å². The fourth-order valence-electron chi connectivity index (χ4n) is 1.42. The number of rotatable bonds is 1. The fourth-order valence-corrected chi connectivity index (χ4v) is 1.42. The fraction of sp³-hybridized carbons (Fsp3) is 0.222. The second-order valence-electron chi connectivity index (χ2n) is 3.02. The Morgan fingerprint density at radius 1 is 1.46 bits per heavy atom. The molecule has 1 aromatic carbocycles. The van der Waals surface area contributed by atoms with Crippen molar-refractivity contribution in [3.63, 3.8) is 0 Å². The highest BCUT2D eigenvalue weighted by Gasteiger charge is 2.09. The highest BCUT2D eigenvalue weighted by molar-refractivity contribution is 5.93. The van der Waals surface area contributed by atoms with E-state index in [2.05, 4.69) is 10.6 Å². The second-order valence-corrected chi connectivity index (χ2v) is 3.02. The van der Waals surface area contributed by atoms with Gasteiger partial charge in [-0.15, -0.1) is 0 Å². The SMILES string of the molecule is NC(=O)c1ccc2c(c1)CNCN2. The summed E-state index contributed by atoms with van der Waals surface area (Å²) in [4.78, 5) is 10.9. The van der Waals surface area contributed by atoms with Gasteiger partial charge in [-0.2, -0.15) is 0 Å². The molecule has 0 radical (unpaired) electrons. The van der Waals surface area contributed by atoms with Crippen LogP contribution in [0.3, 0.4) is 0 Å². The number of fused-ring (bicyclic) bond motifs is 1. The van der Waals surface area contributed by atoms with Crippen molar-refractivity contribution in [3.05, 3.63) is 29.3 Å². The molecule has 0 saturated carbocycles. The number of carbonyl (C=O) groups is 1. The predicted molar refractivity (Wildman–Crippen MR) is 50.3 cm³/mol. The minimum atomic E-state index is -0.381. The number of primary amides is 1. The Bertz CT molecular complexity index is 349. The largest absolute Gasteiger partial charge is 0.372 e. The monoisotopic (exact) mass is 177 g/mol. The highest BCUT2D eigenvalue weighted by atomic mass is 16.1. The van der Waals surface area contributed by atoms with Crippen LogP contribution >= 0.6 is 0 Å². The molecular weight excluding hydrogens is 166 g/mol. The number of amides is 1. The first-order valence-corrected chi connectivity index (χ1v) is 4.15. The predicted octanol–water partition coefficient (Wildman–Crippen LogP) is 0.258. The minimum Gasteiger partial charge on any atom is -0.372 e. The summed E-state index contributed by atoms with van der Waals surface area (Å²) in [6, 6.07) is 5.44. The van der Waals surface area contributed by atoms with Crippen LogP contribution in [0.1, 0.15) is 15.9 Å². The quantitative estimate of drug-likeness (QED) is 0.576. The maximum Gasteiger partial charge on any atom is 0.248 e. The topological polar surface area (TPSA) is 67.2 Å². The molecule has 2 rings (SSSR count). The molecule has 0 aliphatic carbocycles. The van der Waals surface area contributed by atoms with Crippen LogP contribution in [0.2, 0.25) is 0 Å². The molecule has 1 amide bonds. The van der Waals surface area contributed by atoms with Gasteiger partial charge in [0.1, 0.15) is 0 Å². The number of hydrogen-bond acceptors (Lipinski definition) is 3. The van der Waals surface area contributed by atoms with Crippen molar-refractivity contribution in [2.24, 2.45) is 5.73 Å². The van der Waals surface area contributed by atoms with E-state index in [1.54, 1.807) is 6.07 Å². The molecule has 1 aliphatic rings. The van der Waals surface area contributed by atoms with E-state index in [-0.39, 0.29) is 5.91 Å². The van der Waals surface area contributed by atoms with Crippen molar-refractivity contribution >= 4 is 11.6 Å². The zero-order chi connectivity index (χ0) is 9.26. The van der Waals surface area contributed by atoms with Gasteiger partial charge in [-0.25, -0.2) is 0 Å². The third-order valence-corrected chi connectivity index (χ3v) is 2.11. The molecule has 0 spiro atoms. The number of carbonyl (C=O) groups excluding carboxylic acids is 1. The molecule has 0 unspecified atom stereocenters. The van der Waals surface area contributed by atoms with Gasteiger partial charge in [0, 0.05) is 17.8 Å². The number of nitrogens with two attached hydrogens (primary N) is 1. The smallest absolute Gasteiger partial charge is 0.248 e. The van der Waals surface area contributed by atoms with Crippen LogP contribution in [0.15, 0.2) is 18.2 Å². The van der Waals surface area contributed by atoms with Gasteiger partial charge in [-0.1, -0.05) is 0 Å². The van der Waals surface area contributed by atoms with Crippen LogP contribution in [-0.4, -0.2) is 12.6 Å². The van der Waals surface area contributed by atoms with E-state index in [1.165, 1.54) is 0 Å². The Morgan fingerprint density at radius 2 is 2.31 bits per heavy atom. The van der Waals surface area contributed by atoms with E-state index >= 15 is 0 Å². The van der Waals surface area contributed by atoms with Crippen molar-refractivity contribution < 1.29 is 4.79 Å². The van der Waals surface area contributed by atoms with Gasteiger partial charge in [0.15, 0.2) is 0 Å². The lowest BCUT2D eigenvalue weighted by Crippen LogP contribution is -2.27. The molecule has 1 aromatic rings. The standard InChI is InChI=1S/C9H11N3O/c10-9(13)6-1-2-8-7(3-6)4-11-5-12-8/h1-3,11-12H,4-5H2,(H2,10,13). The van der Waals surface area contributed by atoms with E-state index in [0.29, 0.717) is 5.56 Å². The second kappa shape index (κ2) is 3.06. The summed E-state index contributed by atoms with van der Waals surface area (Å²) in [5.41, 5.74) is 7.89. The van der Waals surface area contributed by atoms with E-state index in [4.69, 9.17) is 5.73 Å². The Kier molecular flexibility index (Phi) is 1.90. The maximum atomic E-state index is 10.9. The molecular formula is C9H11N3O. The van der Waals surface area contributed by atoms with Gasteiger partial charge in [-0.05, 0) is 23.8 Å². The normalized spacial score (nSPS) is 14.5. The van der Waals surface area contributed by atoms with Crippen LogP contribution in [0.4, 0.5) is 5.69 Å². The summed E-state index contributed by atoms with van der Waals surface area (Å²) in [6.45, 7) is 1.55. The van der Waals surface area contributed by atoms with Crippen molar-refractivity contribution in [2.45, 2.75) is 6.54 Å². The first kappa shape index (κ1) is 8.07. The number of nitrogens with one attached hydrogen (secondary N) is 2. The zero-order valence-electron chi connectivity index (χ0n) is 7.13. The van der Waals surface area contributed by atoms with Gasteiger partial charge in [0.05, 0.1) is 6.67 Å². The summed E-state index contributed by atoms with van der Waals surface area (Å²) < 4.78 is 0. The van der Waals surface area contributed by atoms with Crippen LogP contribution < -0.4 is 16.4 Å². The summed E-state index contributed by atoms with van der Waals surface area (Å²) in [7, 11) is 0. The third kappa shape index (κ3) is 1.48. The summed E-state index contributed by atoms with van der Waals surface area (Å²) in [6.07, 6.45) is 0. The van der Waals surface area contributed by atoms with E-state index < -0.39 is 0 Å². The summed E-state index contributed by atoms with van der Waals surface area (Å²) >= 11 is 0. The average Bonchev–Trinajstić information content (AvgIpc) is 2.17. The van der Waals surface area contributed by atoms with Crippen molar-refractivity contribution in [2.75, 3.05) is 12.0 Å². The highest BCUT2D eigenvalue weighted by Crippen LogP contribution is 2.19. The van der Waals surface area contributed by atoms with E-state index in [9.17, 15) is 4.79 Å². The number of anilines is 1. The number of benzene rings is 1. The Hall–Kier alpha value is -1.55. The molecule has 0 aromatic heterocycles. The molecule has 1 aliphatic heterocycles. The van der Waals surface area contributed by atoms with Crippen LogP contribution in [0, 0.1) is 0 Å². The summed E-state index contributed by atoms with van der Waals surface area (Å²) in [5.74, 6) is -0.381. The molecule has 0 bridgehead atoms. The van der Waals surface area contributed by atoms with E-state index in [1.807, 2.05) is 12.1 Å². The molecule has 13 heavy (non-hydrogen) atoms.